The number of amides is 1. The molecule has 0 saturated carbocycles. The second kappa shape index (κ2) is 3.86. The standard InChI is InChI=1S/C9H13NO4/c11-8-7(3-6-13-8)14-9(12)10-4-1-2-5-10/h7H,1-6H2. The number of ether oxygens (including phenoxy) is 2. The molecule has 0 spiro atoms. The number of nitrogens with zero attached hydrogens (tertiary/aromatic N) is 1. The van der Waals surface area contributed by atoms with Gasteiger partial charge in [0.05, 0.1) is 6.61 Å². The van der Waals surface area contributed by atoms with E-state index in [9.17, 15) is 9.59 Å². The Bertz CT molecular complexity index is 247. The molecule has 1 unspecified atom stereocenters. The van der Waals surface area contributed by atoms with Crippen LogP contribution in [0.2, 0.25) is 0 Å². The highest BCUT2D eigenvalue weighted by Gasteiger charge is 2.32. The zero-order valence-corrected chi connectivity index (χ0v) is 7.90. The second-order valence-corrected chi connectivity index (χ2v) is 3.52. The van der Waals surface area contributed by atoms with E-state index < -0.39 is 12.1 Å². The van der Waals surface area contributed by atoms with Crippen LogP contribution < -0.4 is 0 Å². The lowest BCUT2D eigenvalue weighted by Gasteiger charge is -2.16. The average Bonchev–Trinajstić information content (AvgIpc) is 2.77. The van der Waals surface area contributed by atoms with Gasteiger partial charge in [0.2, 0.25) is 6.10 Å². The molecule has 0 aromatic carbocycles. The molecule has 14 heavy (non-hydrogen) atoms. The van der Waals surface area contributed by atoms with Crippen molar-refractivity contribution in [1.82, 2.24) is 4.90 Å². The Hall–Kier alpha value is -1.26. The number of cyclic esters (lactones) is 1. The van der Waals surface area contributed by atoms with Crippen LogP contribution >= 0.6 is 0 Å². The minimum Gasteiger partial charge on any atom is -0.463 e. The minimum absolute atomic E-state index is 0.358. The maximum Gasteiger partial charge on any atom is 0.410 e. The second-order valence-electron chi connectivity index (χ2n) is 3.52. The summed E-state index contributed by atoms with van der Waals surface area (Å²) >= 11 is 0. The van der Waals surface area contributed by atoms with Gasteiger partial charge in [0, 0.05) is 19.5 Å². The van der Waals surface area contributed by atoms with E-state index in [0.29, 0.717) is 13.0 Å². The van der Waals surface area contributed by atoms with Gasteiger partial charge in [-0.05, 0) is 12.8 Å². The molecule has 2 heterocycles. The molecule has 2 aliphatic rings. The van der Waals surface area contributed by atoms with E-state index in [-0.39, 0.29) is 6.09 Å². The molecule has 1 amide bonds. The maximum atomic E-state index is 11.4. The van der Waals surface area contributed by atoms with Crippen LogP contribution in [0.3, 0.4) is 0 Å². The van der Waals surface area contributed by atoms with Crippen molar-refractivity contribution in [3.8, 4) is 0 Å². The minimum atomic E-state index is -0.678. The number of hydrogen-bond acceptors (Lipinski definition) is 4. The van der Waals surface area contributed by atoms with Crippen LogP contribution in [-0.2, 0) is 14.3 Å². The fourth-order valence-corrected chi connectivity index (χ4v) is 1.68. The van der Waals surface area contributed by atoms with Crippen molar-refractivity contribution in [2.24, 2.45) is 0 Å². The third-order valence-electron chi connectivity index (χ3n) is 2.49. The maximum absolute atomic E-state index is 11.4. The lowest BCUT2D eigenvalue weighted by atomic mass is 10.3. The van der Waals surface area contributed by atoms with Crippen molar-refractivity contribution in [2.45, 2.75) is 25.4 Å². The fraction of sp³-hybridized carbons (Fsp3) is 0.778. The zero-order valence-electron chi connectivity index (χ0n) is 7.90. The van der Waals surface area contributed by atoms with E-state index in [1.807, 2.05) is 0 Å². The van der Waals surface area contributed by atoms with Crippen molar-refractivity contribution in [2.75, 3.05) is 19.7 Å². The summed E-state index contributed by atoms with van der Waals surface area (Å²) in [7, 11) is 0. The van der Waals surface area contributed by atoms with E-state index in [4.69, 9.17) is 9.47 Å². The highest BCUT2D eigenvalue weighted by atomic mass is 16.6. The number of esters is 1. The molecule has 2 rings (SSSR count). The Labute approximate surface area is 82.0 Å². The molecule has 0 aliphatic carbocycles. The molecule has 2 fully saturated rings. The third-order valence-corrected chi connectivity index (χ3v) is 2.49. The number of rotatable bonds is 1. The summed E-state index contributed by atoms with van der Waals surface area (Å²) in [5.41, 5.74) is 0. The summed E-state index contributed by atoms with van der Waals surface area (Å²) in [5.74, 6) is -0.419. The molecule has 0 aromatic heterocycles. The van der Waals surface area contributed by atoms with E-state index in [1.165, 1.54) is 0 Å². The van der Waals surface area contributed by atoms with E-state index >= 15 is 0 Å². The molecule has 2 aliphatic heterocycles. The van der Waals surface area contributed by atoms with E-state index in [1.54, 1.807) is 4.90 Å². The lowest BCUT2D eigenvalue weighted by molar-refractivity contribution is -0.145. The molecule has 5 nitrogen and oxygen atoms in total. The zero-order chi connectivity index (χ0) is 9.97. The first-order valence-corrected chi connectivity index (χ1v) is 4.89. The molecule has 0 aromatic rings. The first-order chi connectivity index (χ1) is 6.77. The Morgan fingerprint density at radius 2 is 2.14 bits per heavy atom. The predicted molar refractivity (Wildman–Crippen MR) is 46.7 cm³/mol. The molecule has 78 valence electrons. The normalized spacial score (nSPS) is 26.4. The summed E-state index contributed by atoms with van der Waals surface area (Å²) in [5, 5.41) is 0. The summed E-state index contributed by atoms with van der Waals surface area (Å²) < 4.78 is 9.71. The van der Waals surface area contributed by atoms with Crippen molar-refractivity contribution >= 4 is 12.1 Å². The van der Waals surface area contributed by atoms with Gasteiger partial charge in [0.25, 0.3) is 0 Å². The van der Waals surface area contributed by atoms with Crippen LogP contribution in [-0.4, -0.2) is 42.8 Å². The van der Waals surface area contributed by atoms with Gasteiger partial charge in [0.15, 0.2) is 0 Å². The summed E-state index contributed by atoms with van der Waals surface area (Å²) in [6.45, 7) is 1.83. The van der Waals surface area contributed by atoms with Crippen molar-refractivity contribution in [3.05, 3.63) is 0 Å². The smallest absolute Gasteiger partial charge is 0.410 e. The molecule has 2 saturated heterocycles. The first-order valence-electron chi connectivity index (χ1n) is 4.89. The number of carbonyl (C=O) groups excluding carboxylic acids is 2. The van der Waals surface area contributed by atoms with Crippen LogP contribution in [0.5, 0.6) is 0 Å². The van der Waals surface area contributed by atoms with Crippen molar-refractivity contribution in [3.63, 3.8) is 0 Å². The summed E-state index contributed by atoms with van der Waals surface area (Å²) in [6, 6.07) is 0. The quantitative estimate of drug-likeness (QED) is 0.578. The van der Waals surface area contributed by atoms with Gasteiger partial charge in [-0.3, -0.25) is 0 Å². The van der Waals surface area contributed by atoms with E-state index in [0.717, 1.165) is 25.9 Å². The van der Waals surface area contributed by atoms with Gasteiger partial charge in [-0.25, -0.2) is 9.59 Å². The Kier molecular flexibility index (Phi) is 2.56. The largest absolute Gasteiger partial charge is 0.463 e. The average molecular weight is 199 g/mol. The number of hydrogen-bond donors (Lipinski definition) is 0. The predicted octanol–water partition coefficient (Wildman–Crippen LogP) is 0.534. The highest BCUT2D eigenvalue weighted by molar-refractivity contribution is 5.80. The van der Waals surface area contributed by atoms with Crippen molar-refractivity contribution < 1.29 is 19.1 Å². The van der Waals surface area contributed by atoms with Crippen LogP contribution in [0.1, 0.15) is 19.3 Å². The summed E-state index contributed by atoms with van der Waals surface area (Å²) in [6.07, 6.45) is 1.46. The molecule has 0 radical (unpaired) electrons. The Balaban J connectivity index is 1.84. The lowest BCUT2D eigenvalue weighted by Crippen LogP contribution is -2.33. The van der Waals surface area contributed by atoms with Gasteiger partial charge in [-0.1, -0.05) is 0 Å². The molecule has 0 N–H and O–H groups in total. The van der Waals surface area contributed by atoms with Crippen LogP contribution in [0.15, 0.2) is 0 Å². The van der Waals surface area contributed by atoms with Crippen LogP contribution in [0, 0.1) is 0 Å². The molecular weight excluding hydrogens is 186 g/mol. The van der Waals surface area contributed by atoms with Crippen LogP contribution in [0.4, 0.5) is 4.79 Å². The van der Waals surface area contributed by atoms with Gasteiger partial charge in [0.1, 0.15) is 0 Å². The van der Waals surface area contributed by atoms with Crippen molar-refractivity contribution in [1.29, 1.82) is 0 Å². The van der Waals surface area contributed by atoms with Crippen LogP contribution in [0.25, 0.3) is 0 Å². The third kappa shape index (κ3) is 1.81. The Morgan fingerprint density at radius 3 is 2.71 bits per heavy atom. The fourth-order valence-electron chi connectivity index (χ4n) is 1.68. The monoisotopic (exact) mass is 199 g/mol. The Morgan fingerprint density at radius 1 is 1.43 bits per heavy atom. The molecule has 0 bridgehead atoms. The van der Waals surface area contributed by atoms with Gasteiger partial charge in [-0.15, -0.1) is 0 Å². The highest BCUT2D eigenvalue weighted by Crippen LogP contribution is 2.14. The van der Waals surface area contributed by atoms with Gasteiger partial charge in [-0.2, -0.15) is 0 Å². The van der Waals surface area contributed by atoms with E-state index in [2.05, 4.69) is 0 Å². The number of carbonyl (C=O) groups is 2. The summed E-state index contributed by atoms with van der Waals surface area (Å²) in [4.78, 5) is 24.1. The molecule has 1 atom stereocenters. The SMILES string of the molecule is O=C1OCCC1OC(=O)N1CCCC1. The molecular formula is C9H13NO4. The van der Waals surface area contributed by atoms with Gasteiger partial charge >= 0.3 is 12.1 Å². The first kappa shape index (κ1) is 9.30. The molecule has 5 heteroatoms. The topological polar surface area (TPSA) is 55.8 Å². The number of likely N-dealkylation sites (tertiary alicyclic amines) is 1. The van der Waals surface area contributed by atoms with Gasteiger partial charge < -0.3 is 14.4 Å².